The van der Waals surface area contributed by atoms with E-state index >= 15 is 0 Å². The van der Waals surface area contributed by atoms with Crippen LogP contribution >= 0.6 is 0 Å². The van der Waals surface area contributed by atoms with Gasteiger partial charge in [0.15, 0.2) is 0 Å². The summed E-state index contributed by atoms with van der Waals surface area (Å²) < 4.78 is 5.64. The Morgan fingerprint density at radius 3 is 2.85 bits per heavy atom. The first-order valence-electron chi connectivity index (χ1n) is 4.44. The van der Waals surface area contributed by atoms with Crippen molar-refractivity contribution < 1.29 is 4.42 Å². The van der Waals surface area contributed by atoms with Gasteiger partial charge in [-0.1, -0.05) is 31.4 Å². The molecule has 1 aromatic heterocycles. The van der Waals surface area contributed by atoms with Crippen LogP contribution in [-0.4, -0.2) is 0 Å². The van der Waals surface area contributed by atoms with Gasteiger partial charge in [-0.05, 0) is 12.5 Å². The van der Waals surface area contributed by atoms with E-state index in [2.05, 4.69) is 25.3 Å². The molecular weight excluding hydrogens is 160 g/mol. The molecule has 0 amide bonds. The van der Waals surface area contributed by atoms with Crippen LogP contribution in [0.3, 0.4) is 0 Å². The van der Waals surface area contributed by atoms with Crippen LogP contribution in [0.5, 0.6) is 0 Å². The maximum atomic E-state index is 5.64. The zero-order valence-corrected chi connectivity index (χ0v) is 7.55. The average Bonchev–Trinajstić information content (AvgIpc) is 2.55. The number of fused-ring (bicyclic) bond motifs is 1. The quantitative estimate of drug-likeness (QED) is 0.665. The summed E-state index contributed by atoms with van der Waals surface area (Å²) in [6.45, 7) is 7.50. The molecule has 0 saturated carbocycles. The molecule has 1 aliphatic carbocycles. The van der Waals surface area contributed by atoms with Crippen molar-refractivity contribution in [3.63, 3.8) is 0 Å². The highest BCUT2D eigenvalue weighted by Gasteiger charge is 2.15. The van der Waals surface area contributed by atoms with Crippen molar-refractivity contribution in [2.75, 3.05) is 0 Å². The zero-order chi connectivity index (χ0) is 9.26. The predicted octanol–water partition coefficient (Wildman–Crippen LogP) is 3.53. The van der Waals surface area contributed by atoms with Gasteiger partial charge in [-0.3, -0.25) is 0 Å². The summed E-state index contributed by atoms with van der Waals surface area (Å²) in [4.78, 5) is 0. The van der Waals surface area contributed by atoms with Gasteiger partial charge in [0.25, 0.3) is 0 Å². The molecular formula is C12H12O. The maximum absolute atomic E-state index is 5.64. The smallest absolute Gasteiger partial charge is 0.134 e. The lowest BCUT2D eigenvalue weighted by Gasteiger charge is -2.01. The summed E-state index contributed by atoms with van der Waals surface area (Å²) in [6, 6.07) is 0. The number of aryl methyl sites for hydroxylation is 1. The summed E-state index contributed by atoms with van der Waals surface area (Å²) in [5.74, 6) is 1.90. The van der Waals surface area contributed by atoms with Crippen molar-refractivity contribution >= 4 is 18.2 Å². The van der Waals surface area contributed by atoms with E-state index < -0.39 is 0 Å². The first-order chi connectivity index (χ1) is 6.36. The van der Waals surface area contributed by atoms with Crippen LogP contribution in [0.25, 0.3) is 18.2 Å². The third-order valence-electron chi connectivity index (χ3n) is 2.30. The number of furan rings is 1. The second-order valence-electron chi connectivity index (χ2n) is 3.07. The number of hydrogen-bond donors (Lipinski definition) is 0. The van der Waals surface area contributed by atoms with Crippen molar-refractivity contribution in [3.8, 4) is 0 Å². The normalized spacial score (nSPS) is 13.8. The Hall–Kier alpha value is -1.50. The van der Waals surface area contributed by atoms with Crippen LogP contribution in [-0.2, 0) is 6.42 Å². The van der Waals surface area contributed by atoms with E-state index in [0.29, 0.717) is 0 Å². The molecule has 13 heavy (non-hydrogen) atoms. The van der Waals surface area contributed by atoms with Gasteiger partial charge in [0.05, 0.1) is 0 Å². The fourth-order valence-electron chi connectivity index (χ4n) is 1.67. The van der Waals surface area contributed by atoms with Crippen LogP contribution in [0.2, 0.25) is 0 Å². The highest BCUT2D eigenvalue weighted by atomic mass is 16.3. The van der Waals surface area contributed by atoms with Gasteiger partial charge < -0.3 is 4.42 Å². The number of allylic oxidation sites excluding steroid dienone is 1. The van der Waals surface area contributed by atoms with Crippen LogP contribution in [0, 0.1) is 0 Å². The van der Waals surface area contributed by atoms with Crippen LogP contribution in [0.1, 0.15) is 29.1 Å². The SMILES string of the molecule is C=Cc1oc2c(c1C=C)C=CCC2. The zero-order valence-electron chi connectivity index (χ0n) is 7.55. The van der Waals surface area contributed by atoms with Crippen molar-refractivity contribution in [1.29, 1.82) is 0 Å². The molecule has 0 aromatic carbocycles. The second-order valence-corrected chi connectivity index (χ2v) is 3.07. The lowest BCUT2D eigenvalue weighted by Crippen LogP contribution is -1.89. The summed E-state index contributed by atoms with van der Waals surface area (Å²) in [7, 11) is 0. The molecule has 0 bridgehead atoms. The van der Waals surface area contributed by atoms with Gasteiger partial charge >= 0.3 is 0 Å². The van der Waals surface area contributed by atoms with Crippen molar-refractivity contribution in [2.45, 2.75) is 12.8 Å². The molecule has 0 fully saturated rings. The Balaban J connectivity index is 2.64. The summed E-state index contributed by atoms with van der Waals surface area (Å²) in [5, 5.41) is 0. The highest BCUT2D eigenvalue weighted by Crippen LogP contribution is 2.29. The molecule has 0 atom stereocenters. The largest absolute Gasteiger partial charge is 0.460 e. The van der Waals surface area contributed by atoms with Gasteiger partial charge in [-0.25, -0.2) is 0 Å². The molecule has 0 aliphatic heterocycles. The molecule has 0 N–H and O–H groups in total. The Bertz CT molecular complexity index is 380. The van der Waals surface area contributed by atoms with E-state index in [1.165, 1.54) is 5.56 Å². The Kier molecular flexibility index (Phi) is 1.93. The average molecular weight is 172 g/mol. The van der Waals surface area contributed by atoms with Gasteiger partial charge in [-0.15, -0.1) is 0 Å². The molecule has 1 heterocycles. The Morgan fingerprint density at radius 2 is 2.15 bits per heavy atom. The van der Waals surface area contributed by atoms with Gasteiger partial charge in [0.1, 0.15) is 11.5 Å². The maximum Gasteiger partial charge on any atom is 0.134 e. The first kappa shape index (κ1) is 8.11. The van der Waals surface area contributed by atoms with Crippen molar-refractivity contribution in [1.82, 2.24) is 0 Å². The molecule has 2 rings (SSSR count). The molecule has 1 nitrogen and oxygen atoms in total. The monoisotopic (exact) mass is 172 g/mol. The van der Waals surface area contributed by atoms with Crippen LogP contribution < -0.4 is 0 Å². The van der Waals surface area contributed by atoms with E-state index in [0.717, 1.165) is 29.9 Å². The second kappa shape index (κ2) is 3.09. The third-order valence-corrected chi connectivity index (χ3v) is 2.30. The molecule has 1 aliphatic rings. The predicted molar refractivity (Wildman–Crippen MR) is 56.2 cm³/mol. The summed E-state index contributed by atoms with van der Waals surface area (Å²) in [6.07, 6.45) is 9.89. The number of rotatable bonds is 2. The lowest BCUT2D eigenvalue weighted by atomic mass is 10.0. The van der Waals surface area contributed by atoms with Crippen molar-refractivity contribution in [3.05, 3.63) is 41.9 Å². The summed E-state index contributed by atoms with van der Waals surface area (Å²) >= 11 is 0. The highest BCUT2D eigenvalue weighted by molar-refractivity contribution is 5.73. The molecule has 0 unspecified atom stereocenters. The Labute approximate surface area is 78.1 Å². The van der Waals surface area contributed by atoms with Crippen LogP contribution in [0.4, 0.5) is 0 Å². The molecule has 66 valence electrons. The molecule has 1 heteroatoms. The van der Waals surface area contributed by atoms with Crippen LogP contribution in [0.15, 0.2) is 23.7 Å². The van der Waals surface area contributed by atoms with Gasteiger partial charge in [0.2, 0.25) is 0 Å². The standard InChI is InChI=1S/C12H12O/c1-3-9-10-7-5-6-8-12(10)13-11(9)4-2/h3-5,7H,1-2,6,8H2. The molecule has 1 aromatic rings. The lowest BCUT2D eigenvalue weighted by molar-refractivity contribution is 0.499. The van der Waals surface area contributed by atoms with Gasteiger partial charge in [-0.2, -0.15) is 0 Å². The fraction of sp³-hybridized carbons (Fsp3) is 0.167. The minimum atomic E-state index is 0.839. The summed E-state index contributed by atoms with van der Waals surface area (Å²) in [5.41, 5.74) is 2.25. The van der Waals surface area contributed by atoms with Gasteiger partial charge in [0, 0.05) is 17.5 Å². The van der Waals surface area contributed by atoms with E-state index in [4.69, 9.17) is 4.42 Å². The number of hydrogen-bond acceptors (Lipinski definition) is 1. The van der Waals surface area contributed by atoms with E-state index in [1.807, 2.05) is 6.08 Å². The van der Waals surface area contributed by atoms with E-state index in [-0.39, 0.29) is 0 Å². The Morgan fingerprint density at radius 1 is 1.31 bits per heavy atom. The first-order valence-corrected chi connectivity index (χ1v) is 4.44. The molecule has 0 radical (unpaired) electrons. The van der Waals surface area contributed by atoms with Crippen molar-refractivity contribution in [2.24, 2.45) is 0 Å². The topological polar surface area (TPSA) is 13.1 Å². The fourth-order valence-corrected chi connectivity index (χ4v) is 1.67. The van der Waals surface area contributed by atoms with E-state index in [9.17, 15) is 0 Å². The third kappa shape index (κ3) is 1.17. The molecule has 0 spiro atoms. The minimum Gasteiger partial charge on any atom is -0.460 e. The van der Waals surface area contributed by atoms with E-state index in [1.54, 1.807) is 6.08 Å². The molecule has 0 saturated heterocycles. The minimum absolute atomic E-state index is 0.839.